The van der Waals surface area contributed by atoms with Crippen LogP contribution in [0.5, 0.6) is 5.75 Å². The summed E-state index contributed by atoms with van der Waals surface area (Å²) in [5.74, 6) is -0.534. The number of carboxylic acid groups (broad SMARTS) is 1. The zero-order chi connectivity index (χ0) is 19.3. The number of nitrogens with two attached hydrogens (primary N) is 3. The molecule has 26 heavy (non-hydrogen) atoms. The molecule has 2 aromatic carbocycles. The molecular formula is C19H24N4O3. The second kappa shape index (κ2) is 7.69. The summed E-state index contributed by atoms with van der Waals surface area (Å²) in [6, 6.07) is 12.2. The zero-order valence-electron chi connectivity index (χ0n) is 14.8. The van der Waals surface area contributed by atoms with Gasteiger partial charge in [-0.05, 0) is 49.7 Å². The molecule has 0 radical (unpaired) electrons. The Morgan fingerprint density at radius 3 is 2.35 bits per heavy atom. The highest BCUT2D eigenvalue weighted by Gasteiger charge is 2.33. The number of aliphatic carboxylic acids is 1. The largest absolute Gasteiger partial charge is 0.478 e. The van der Waals surface area contributed by atoms with Gasteiger partial charge in [0.25, 0.3) is 0 Å². The van der Waals surface area contributed by atoms with Gasteiger partial charge in [0.15, 0.2) is 0 Å². The number of nitrogens with one attached hydrogen (secondary N) is 1. The van der Waals surface area contributed by atoms with Crippen LogP contribution in [-0.2, 0) is 4.79 Å². The number of carbonyl (C=O) groups is 1. The Kier molecular flexibility index (Phi) is 5.61. The SMILES string of the molecule is CCC(C)(Oc1ccc(N/C(=C\N)c2ccc(N)c(N)c2)cc1)C(=O)O. The summed E-state index contributed by atoms with van der Waals surface area (Å²) in [6.07, 6.45) is 1.79. The van der Waals surface area contributed by atoms with Crippen molar-refractivity contribution in [2.24, 2.45) is 5.73 Å². The molecule has 0 aliphatic carbocycles. The molecule has 7 nitrogen and oxygen atoms in total. The molecule has 0 amide bonds. The molecule has 0 aromatic heterocycles. The van der Waals surface area contributed by atoms with Gasteiger partial charge in [-0.1, -0.05) is 13.0 Å². The van der Waals surface area contributed by atoms with Crippen LogP contribution in [-0.4, -0.2) is 16.7 Å². The molecule has 0 heterocycles. The molecule has 0 saturated carbocycles. The third-order valence-corrected chi connectivity index (χ3v) is 4.17. The summed E-state index contributed by atoms with van der Waals surface area (Å²) in [7, 11) is 0. The van der Waals surface area contributed by atoms with E-state index < -0.39 is 11.6 Å². The predicted octanol–water partition coefficient (Wildman–Crippen LogP) is 2.85. The number of anilines is 3. The van der Waals surface area contributed by atoms with Crippen LogP contribution in [0.2, 0.25) is 0 Å². The van der Waals surface area contributed by atoms with Crippen molar-refractivity contribution in [1.29, 1.82) is 0 Å². The summed E-state index contributed by atoms with van der Waals surface area (Å²) in [4.78, 5) is 11.3. The highest BCUT2D eigenvalue weighted by atomic mass is 16.5. The number of nitrogen functional groups attached to an aromatic ring is 2. The first-order valence-electron chi connectivity index (χ1n) is 8.16. The van der Waals surface area contributed by atoms with Crippen molar-refractivity contribution < 1.29 is 14.6 Å². The van der Waals surface area contributed by atoms with Gasteiger partial charge in [-0.3, -0.25) is 0 Å². The first kappa shape index (κ1) is 19.0. The minimum Gasteiger partial charge on any atom is -0.478 e. The summed E-state index contributed by atoms with van der Waals surface area (Å²) < 4.78 is 5.62. The standard InChI is InChI=1S/C19H24N4O3/c1-3-19(2,18(24)25)26-14-7-5-13(6-8-14)23-17(11-20)12-4-9-15(21)16(22)10-12/h4-11,23H,3,20-22H2,1-2H3,(H,24,25)/b17-11-. The summed E-state index contributed by atoms with van der Waals surface area (Å²) in [6.45, 7) is 3.31. The summed E-state index contributed by atoms with van der Waals surface area (Å²) in [5, 5.41) is 12.5. The molecule has 0 fully saturated rings. The Morgan fingerprint density at radius 2 is 1.85 bits per heavy atom. The Balaban J connectivity index is 2.15. The second-order valence-corrected chi connectivity index (χ2v) is 6.07. The minimum absolute atomic E-state index is 0.348. The fourth-order valence-electron chi connectivity index (χ4n) is 2.24. The zero-order valence-corrected chi connectivity index (χ0v) is 14.8. The van der Waals surface area contributed by atoms with Crippen LogP contribution in [0.15, 0.2) is 48.7 Å². The van der Waals surface area contributed by atoms with Crippen LogP contribution in [0, 0.1) is 0 Å². The average molecular weight is 356 g/mol. The van der Waals surface area contributed by atoms with E-state index in [1.165, 1.54) is 6.20 Å². The van der Waals surface area contributed by atoms with E-state index in [1.807, 2.05) is 6.07 Å². The molecule has 1 atom stereocenters. The van der Waals surface area contributed by atoms with E-state index in [2.05, 4.69) is 5.32 Å². The Hall–Kier alpha value is -3.35. The maximum atomic E-state index is 11.3. The van der Waals surface area contributed by atoms with Crippen LogP contribution in [0.3, 0.4) is 0 Å². The molecule has 2 aromatic rings. The third kappa shape index (κ3) is 4.18. The van der Waals surface area contributed by atoms with E-state index >= 15 is 0 Å². The van der Waals surface area contributed by atoms with Gasteiger partial charge in [0, 0.05) is 17.5 Å². The molecule has 0 saturated heterocycles. The molecule has 1 unspecified atom stereocenters. The molecule has 8 N–H and O–H groups in total. The first-order valence-corrected chi connectivity index (χ1v) is 8.16. The fourth-order valence-corrected chi connectivity index (χ4v) is 2.24. The van der Waals surface area contributed by atoms with Crippen molar-refractivity contribution in [3.05, 3.63) is 54.2 Å². The van der Waals surface area contributed by atoms with Gasteiger partial charge in [-0.15, -0.1) is 0 Å². The normalized spacial score (nSPS) is 13.7. The number of benzene rings is 2. The molecule has 0 bridgehead atoms. The fraction of sp³-hybridized carbons (Fsp3) is 0.211. The van der Waals surface area contributed by atoms with E-state index in [0.29, 0.717) is 29.2 Å². The quantitative estimate of drug-likeness (QED) is 0.481. The smallest absolute Gasteiger partial charge is 0.347 e. The lowest BCUT2D eigenvalue weighted by Crippen LogP contribution is -2.40. The van der Waals surface area contributed by atoms with Gasteiger partial charge in [0.2, 0.25) is 5.60 Å². The van der Waals surface area contributed by atoms with Crippen molar-refractivity contribution in [2.45, 2.75) is 25.9 Å². The van der Waals surface area contributed by atoms with Gasteiger partial charge >= 0.3 is 5.97 Å². The molecular weight excluding hydrogens is 332 g/mol. The molecule has 138 valence electrons. The second-order valence-electron chi connectivity index (χ2n) is 6.07. The van der Waals surface area contributed by atoms with Crippen LogP contribution in [0.4, 0.5) is 17.1 Å². The Bertz CT molecular complexity index is 818. The number of hydrogen-bond acceptors (Lipinski definition) is 6. The van der Waals surface area contributed by atoms with E-state index in [4.69, 9.17) is 21.9 Å². The van der Waals surface area contributed by atoms with Crippen molar-refractivity contribution in [3.63, 3.8) is 0 Å². The molecule has 0 aliphatic heterocycles. The van der Waals surface area contributed by atoms with Gasteiger partial charge < -0.3 is 32.4 Å². The summed E-state index contributed by atoms with van der Waals surface area (Å²) >= 11 is 0. The molecule has 2 rings (SSSR count). The van der Waals surface area contributed by atoms with Crippen LogP contribution < -0.4 is 27.3 Å². The van der Waals surface area contributed by atoms with Gasteiger partial charge in [0.05, 0.1) is 17.1 Å². The molecule has 7 heteroatoms. The monoisotopic (exact) mass is 356 g/mol. The highest BCUT2D eigenvalue weighted by molar-refractivity contribution is 5.80. The van der Waals surface area contributed by atoms with E-state index in [0.717, 1.165) is 11.3 Å². The van der Waals surface area contributed by atoms with E-state index in [-0.39, 0.29) is 0 Å². The molecule has 0 spiro atoms. The summed E-state index contributed by atoms with van der Waals surface area (Å²) in [5.41, 5.74) is 19.2. The average Bonchev–Trinajstić information content (AvgIpc) is 2.63. The van der Waals surface area contributed by atoms with Crippen molar-refractivity contribution in [2.75, 3.05) is 16.8 Å². The van der Waals surface area contributed by atoms with Crippen molar-refractivity contribution in [1.82, 2.24) is 0 Å². The number of carboxylic acids is 1. The molecule has 0 aliphatic rings. The van der Waals surface area contributed by atoms with Gasteiger partial charge in [0.1, 0.15) is 5.75 Å². The maximum Gasteiger partial charge on any atom is 0.347 e. The lowest BCUT2D eigenvalue weighted by Gasteiger charge is -2.25. The van der Waals surface area contributed by atoms with Crippen molar-refractivity contribution >= 4 is 28.7 Å². The van der Waals surface area contributed by atoms with E-state index in [1.54, 1.807) is 50.2 Å². The van der Waals surface area contributed by atoms with Crippen LogP contribution >= 0.6 is 0 Å². The lowest BCUT2D eigenvalue weighted by atomic mass is 10.0. The van der Waals surface area contributed by atoms with Gasteiger partial charge in [-0.25, -0.2) is 4.79 Å². The third-order valence-electron chi connectivity index (χ3n) is 4.17. The van der Waals surface area contributed by atoms with Crippen LogP contribution in [0.25, 0.3) is 5.70 Å². The number of rotatable bonds is 7. The predicted molar refractivity (Wildman–Crippen MR) is 104 cm³/mol. The maximum absolute atomic E-state index is 11.3. The topological polar surface area (TPSA) is 137 Å². The van der Waals surface area contributed by atoms with Crippen molar-refractivity contribution in [3.8, 4) is 5.75 Å². The highest BCUT2D eigenvalue weighted by Crippen LogP contribution is 2.26. The Morgan fingerprint density at radius 1 is 1.19 bits per heavy atom. The lowest BCUT2D eigenvalue weighted by molar-refractivity contribution is -0.154. The van der Waals surface area contributed by atoms with E-state index in [9.17, 15) is 9.90 Å². The minimum atomic E-state index is -1.27. The Labute approximate surface area is 152 Å². The van der Waals surface area contributed by atoms with Crippen LogP contribution in [0.1, 0.15) is 25.8 Å². The number of ether oxygens (including phenoxy) is 1. The first-order chi connectivity index (χ1) is 12.3. The number of hydrogen-bond donors (Lipinski definition) is 5. The van der Waals surface area contributed by atoms with Gasteiger partial charge in [-0.2, -0.15) is 0 Å².